The van der Waals surface area contributed by atoms with Gasteiger partial charge in [0.2, 0.25) is 0 Å². The first-order valence-electron chi connectivity index (χ1n) is 8.17. The maximum absolute atomic E-state index is 9.42. The summed E-state index contributed by atoms with van der Waals surface area (Å²) in [5, 5.41) is 13.6. The molecule has 1 aliphatic heterocycles. The van der Waals surface area contributed by atoms with E-state index in [1.54, 1.807) is 18.1 Å². The fourth-order valence-electron chi connectivity index (χ4n) is 3.01. The van der Waals surface area contributed by atoms with Gasteiger partial charge in [0.1, 0.15) is 18.4 Å². The van der Waals surface area contributed by atoms with Crippen LogP contribution in [-0.2, 0) is 17.8 Å². The molecule has 1 saturated heterocycles. The number of ether oxygens (including phenoxy) is 2. The van der Waals surface area contributed by atoms with Crippen LogP contribution in [0.4, 0.5) is 0 Å². The molecule has 0 radical (unpaired) electrons. The number of methoxy groups -OCH3 is 1. The molecule has 0 aliphatic carbocycles. The third-order valence-corrected chi connectivity index (χ3v) is 4.23. The lowest BCUT2D eigenvalue weighted by atomic mass is 10.1. The molecular weight excluding hydrogens is 308 g/mol. The lowest BCUT2D eigenvalue weighted by Gasteiger charge is -2.23. The predicted molar refractivity (Wildman–Crippen MR) is 88.8 cm³/mol. The number of rotatable bonds is 6. The van der Waals surface area contributed by atoms with Gasteiger partial charge in [0.25, 0.3) is 0 Å². The lowest BCUT2D eigenvalue weighted by Crippen LogP contribution is -2.31. The molecule has 7 heteroatoms. The van der Waals surface area contributed by atoms with Crippen molar-refractivity contribution in [3.05, 3.63) is 42.0 Å². The minimum Gasteiger partial charge on any atom is -0.496 e. The van der Waals surface area contributed by atoms with Gasteiger partial charge < -0.3 is 14.6 Å². The van der Waals surface area contributed by atoms with Crippen LogP contribution in [0.5, 0.6) is 5.75 Å². The Morgan fingerprint density at radius 2 is 2.29 bits per heavy atom. The summed E-state index contributed by atoms with van der Waals surface area (Å²) in [7, 11) is 1.68. The van der Waals surface area contributed by atoms with Gasteiger partial charge in [-0.15, -0.1) is 0 Å². The van der Waals surface area contributed by atoms with Crippen molar-refractivity contribution in [2.45, 2.75) is 13.1 Å². The van der Waals surface area contributed by atoms with Crippen LogP contribution in [0.1, 0.15) is 11.1 Å². The second-order valence-electron chi connectivity index (χ2n) is 6.10. The van der Waals surface area contributed by atoms with Gasteiger partial charge in [-0.2, -0.15) is 5.10 Å². The fraction of sp³-hybridized carbons (Fsp3) is 0.529. The number of aromatic nitrogens is 3. The van der Waals surface area contributed by atoms with Gasteiger partial charge in [0.05, 0.1) is 26.9 Å². The highest BCUT2D eigenvalue weighted by molar-refractivity contribution is 5.37. The smallest absolute Gasteiger partial charge is 0.137 e. The van der Waals surface area contributed by atoms with Crippen molar-refractivity contribution in [3.8, 4) is 5.75 Å². The lowest BCUT2D eigenvalue weighted by molar-refractivity contribution is 0.0958. The van der Waals surface area contributed by atoms with E-state index in [2.05, 4.69) is 27.1 Å². The molecule has 0 amide bonds. The number of benzene rings is 1. The summed E-state index contributed by atoms with van der Waals surface area (Å²) in [6.45, 7) is 4.68. The van der Waals surface area contributed by atoms with Gasteiger partial charge in [-0.05, 0) is 17.7 Å². The average Bonchev–Trinajstić information content (AvgIpc) is 3.00. The molecule has 1 fully saturated rings. The summed E-state index contributed by atoms with van der Waals surface area (Å²) in [4.78, 5) is 6.31. The number of hydrogen-bond acceptors (Lipinski definition) is 6. The van der Waals surface area contributed by atoms with Crippen molar-refractivity contribution in [1.29, 1.82) is 0 Å². The van der Waals surface area contributed by atoms with Crippen LogP contribution in [-0.4, -0.2) is 64.8 Å². The minimum absolute atomic E-state index is 0.163. The van der Waals surface area contributed by atoms with Crippen molar-refractivity contribution in [3.63, 3.8) is 0 Å². The van der Waals surface area contributed by atoms with Crippen LogP contribution < -0.4 is 4.74 Å². The summed E-state index contributed by atoms with van der Waals surface area (Å²) in [5.74, 6) is 1.03. The summed E-state index contributed by atoms with van der Waals surface area (Å²) in [6.07, 6.45) is 3.23. The van der Waals surface area contributed by atoms with Crippen molar-refractivity contribution in [1.82, 2.24) is 19.7 Å². The Bertz CT molecular complexity index is 633. The molecule has 1 N–H and O–H groups in total. The molecule has 3 rings (SSSR count). The summed E-state index contributed by atoms with van der Waals surface area (Å²) < 4.78 is 12.8. The molecule has 1 aromatic carbocycles. The van der Waals surface area contributed by atoms with Crippen LogP contribution in [0.25, 0.3) is 0 Å². The molecule has 24 heavy (non-hydrogen) atoms. The van der Waals surface area contributed by atoms with Crippen molar-refractivity contribution < 1.29 is 14.6 Å². The largest absolute Gasteiger partial charge is 0.496 e. The Labute approximate surface area is 141 Å². The second kappa shape index (κ2) is 8.23. The van der Waals surface area contributed by atoms with E-state index in [-0.39, 0.29) is 12.5 Å². The third-order valence-electron chi connectivity index (χ3n) is 4.23. The molecule has 7 nitrogen and oxygen atoms in total. The van der Waals surface area contributed by atoms with Gasteiger partial charge in [0, 0.05) is 37.7 Å². The molecule has 2 aromatic rings. The van der Waals surface area contributed by atoms with E-state index in [1.807, 2.05) is 6.07 Å². The molecule has 2 heterocycles. The maximum atomic E-state index is 9.42. The third kappa shape index (κ3) is 4.31. The van der Waals surface area contributed by atoms with E-state index in [9.17, 15) is 5.11 Å². The van der Waals surface area contributed by atoms with Gasteiger partial charge in [-0.1, -0.05) is 6.07 Å². The topological polar surface area (TPSA) is 72.6 Å². The van der Waals surface area contributed by atoms with Crippen molar-refractivity contribution in [2.75, 3.05) is 40.0 Å². The molecule has 1 unspecified atom stereocenters. The highest BCUT2D eigenvalue weighted by atomic mass is 16.5. The van der Waals surface area contributed by atoms with Crippen LogP contribution in [0.2, 0.25) is 0 Å². The van der Waals surface area contributed by atoms with E-state index in [4.69, 9.17) is 9.47 Å². The van der Waals surface area contributed by atoms with Crippen LogP contribution in [0.15, 0.2) is 30.9 Å². The first kappa shape index (κ1) is 16.9. The minimum atomic E-state index is 0.163. The second-order valence-corrected chi connectivity index (χ2v) is 6.10. The number of aliphatic hydroxyl groups excluding tert-OH is 1. The monoisotopic (exact) mass is 332 g/mol. The normalized spacial score (nSPS) is 19.2. The standard InChI is InChI=1S/C17H24N4O3/c1-23-17-3-2-14(6-16(17)9-21-13-18-12-19-21)7-20-4-5-24-11-15(8-20)10-22/h2-3,6,12-13,15,22H,4-5,7-11H2,1H3. The van der Waals surface area contributed by atoms with E-state index < -0.39 is 0 Å². The zero-order chi connectivity index (χ0) is 16.8. The zero-order valence-corrected chi connectivity index (χ0v) is 14.0. The predicted octanol–water partition coefficient (Wildman–Crippen LogP) is 0.776. The molecule has 1 atom stereocenters. The van der Waals surface area contributed by atoms with E-state index in [0.717, 1.165) is 30.9 Å². The fourth-order valence-corrected chi connectivity index (χ4v) is 3.01. The maximum Gasteiger partial charge on any atom is 0.137 e. The molecule has 0 saturated carbocycles. The highest BCUT2D eigenvalue weighted by Crippen LogP contribution is 2.22. The first-order chi connectivity index (χ1) is 11.8. The first-order valence-corrected chi connectivity index (χ1v) is 8.17. The van der Waals surface area contributed by atoms with Gasteiger partial charge in [-0.3, -0.25) is 4.90 Å². The molecule has 1 aliphatic rings. The number of aliphatic hydroxyl groups is 1. The Balaban J connectivity index is 1.73. The quantitative estimate of drug-likeness (QED) is 0.843. The Hall–Kier alpha value is -1.96. The van der Waals surface area contributed by atoms with Crippen molar-refractivity contribution >= 4 is 0 Å². The summed E-state index contributed by atoms with van der Waals surface area (Å²) in [6, 6.07) is 6.24. The SMILES string of the molecule is COc1ccc(CN2CCOCC(CO)C2)cc1Cn1cncn1. The number of hydrogen-bond donors (Lipinski definition) is 1. The van der Waals surface area contributed by atoms with E-state index in [0.29, 0.717) is 19.8 Å². The molecule has 0 spiro atoms. The molecule has 1 aromatic heterocycles. The number of nitrogens with zero attached hydrogens (tertiary/aromatic N) is 4. The van der Waals surface area contributed by atoms with Crippen LogP contribution >= 0.6 is 0 Å². The molecular formula is C17H24N4O3. The Kier molecular flexibility index (Phi) is 5.79. The van der Waals surface area contributed by atoms with Gasteiger partial charge in [-0.25, -0.2) is 9.67 Å². The van der Waals surface area contributed by atoms with Crippen LogP contribution in [0.3, 0.4) is 0 Å². The zero-order valence-electron chi connectivity index (χ0n) is 14.0. The van der Waals surface area contributed by atoms with E-state index in [1.165, 1.54) is 11.9 Å². The van der Waals surface area contributed by atoms with Gasteiger partial charge in [0.15, 0.2) is 0 Å². The van der Waals surface area contributed by atoms with Crippen molar-refractivity contribution in [2.24, 2.45) is 5.92 Å². The summed E-state index contributed by atoms with van der Waals surface area (Å²) in [5.41, 5.74) is 2.29. The average molecular weight is 332 g/mol. The van der Waals surface area contributed by atoms with E-state index >= 15 is 0 Å². The molecule has 0 bridgehead atoms. The molecule has 130 valence electrons. The van der Waals surface area contributed by atoms with Gasteiger partial charge >= 0.3 is 0 Å². The Morgan fingerprint density at radius 3 is 3.04 bits per heavy atom. The highest BCUT2D eigenvalue weighted by Gasteiger charge is 2.18. The summed E-state index contributed by atoms with van der Waals surface area (Å²) >= 11 is 0. The Morgan fingerprint density at radius 1 is 1.38 bits per heavy atom. The van der Waals surface area contributed by atoms with Crippen LogP contribution in [0, 0.1) is 5.92 Å².